The minimum atomic E-state index is -0.0784. The Labute approximate surface area is 165 Å². The van der Waals surface area contributed by atoms with Crippen LogP contribution in [0.1, 0.15) is 29.2 Å². The molecule has 1 atom stereocenters. The molecule has 0 radical (unpaired) electrons. The van der Waals surface area contributed by atoms with Gasteiger partial charge in [-0.3, -0.25) is 14.7 Å². The zero-order valence-electron chi connectivity index (χ0n) is 16.6. The van der Waals surface area contributed by atoms with Gasteiger partial charge in [-0.1, -0.05) is 18.2 Å². The van der Waals surface area contributed by atoms with E-state index in [4.69, 9.17) is 14.5 Å². The molecule has 3 heterocycles. The van der Waals surface area contributed by atoms with Gasteiger partial charge in [0.05, 0.1) is 26.0 Å². The second-order valence-corrected chi connectivity index (χ2v) is 7.58. The molecule has 2 aliphatic heterocycles. The zero-order valence-corrected chi connectivity index (χ0v) is 16.6. The van der Waals surface area contributed by atoms with Crippen LogP contribution in [-0.4, -0.2) is 61.4 Å². The van der Waals surface area contributed by atoms with Gasteiger partial charge in [0.1, 0.15) is 5.75 Å². The number of nitrogens with zero attached hydrogens (tertiary/aromatic N) is 3. The van der Waals surface area contributed by atoms with Crippen molar-refractivity contribution in [2.45, 2.75) is 25.8 Å². The summed E-state index contributed by atoms with van der Waals surface area (Å²) in [5.74, 6) is 1.91. The Kier molecular flexibility index (Phi) is 5.64. The Morgan fingerprint density at radius 2 is 2.11 bits per heavy atom. The normalized spacial score (nSPS) is 20.5. The van der Waals surface area contributed by atoms with Crippen LogP contribution in [0.2, 0.25) is 0 Å². The summed E-state index contributed by atoms with van der Waals surface area (Å²) >= 11 is 0. The Morgan fingerprint density at radius 1 is 1.29 bits per heavy atom. The van der Waals surface area contributed by atoms with E-state index >= 15 is 0 Å². The highest BCUT2D eigenvalue weighted by Crippen LogP contribution is 2.30. The largest absolute Gasteiger partial charge is 0.496 e. The Bertz CT molecular complexity index is 876. The van der Waals surface area contributed by atoms with Crippen molar-refractivity contribution in [1.29, 1.82) is 0 Å². The molecule has 150 valence electrons. The second-order valence-electron chi connectivity index (χ2n) is 7.58. The molecule has 0 aliphatic carbocycles. The molecule has 1 N–H and O–H groups in total. The number of anilines is 1. The van der Waals surface area contributed by atoms with Crippen molar-refractivity contribution in [3.63, 3.8) is 0 Å². The number of aromatic nitrogens is 2. The van der Waals surface area contributed by atoms with Gasteiger partial charge in [-0.15, -0.1) is 0 Å². The molecule has 0 spiro atoms. The lowest BCUT2D eigenvalue weighted by molar-refractivity contribution is 0.122. The molecule has 0 saturated carbocycles. The lowest BCUT2D eigenvalue weighted by atomic mass is 10.0. The average molecular weight is 384 g/mol. The van der Waals surface area contributed by atoms with Gasteiger partial charge in [-0.2, -0.15) is 0 Å². The van der Waals surface area contributed by atoms with Gasteiger partial charge >= 0.3 is 0 Å². The van der Waals surface area contributed by atoms with Crippen molar-refractivity contribution in [3.8, 4) is 5.75 Å². The lowest BCUT2D eigenvalue weighted by Crippen LogP contribution is -2.38. The summed E-state index contributed by atoms with van der Waals surface area (Å²) in [6.07, 6.45) is 1.01. The quantitative estimate of drug-likeness (QED) is 0.849. The van der Waals surface area contributed by atoms with E-state index in [1.807, 2.05) is 0 Å². The standard InChI is InChI=1S/C21H28N4O3/c1-15-4-3-5-17(20(15)27-2)14-24-7-6-16(13-24)18-12-19(26)23-21(22-18)25-8-10-28-11-9-25/h3-5,12,16H,6-11,13-14H2,1-2H3,(H,22,23,26)/t16-/m0/s1. The minimum Gasteiger partial charge on any atom is -0.496 e. The summed E-state index contributed by atoms with van der Waals surface area (Å²) < 4.78 is 11.0. The molecule has 0 bridgehead atoms. The second kappa shape index (κ2) is 8.32. The molecule has 7 heteroatoms. The van der Waals surface area contributed by atoms with Crippen molar-refractivity contribution in [2.75, 3.05) is 51.4 Å². The summed E-state index contributed by atoms with van der Waals surface area (Å²) in [5, 5.41) is 0. The van der Waals surface area contributed by atoms with E-state index in [1.54, 1.807) is 13.2 Å². The van der Waals surface area contributed by atoms with Crippen molar-refractivity contribution < 1.29 is 9.47 Å². The van der Waals surface area contributed by atoms with Crippen LogP contribution in [-0.2, 0) is 11.3 Å². The van der Waals surface area contributed by atoms with E-state index in [1.165, 1.54) is 5.56 Å². The number of hydrogen-bond donors (Lipinski definition) is 1. The van der Waals surface area contributed by atoms with Crippen LogP contribution in [0.3, 0.4) is 0 Å². The molecular formula is C21H28N4O3. The third-order valence-corrected chi connectivity index (χ3v) is 5.64. The van der Waals surface area contributed by atoms with Gasteiger partial charge in [0.15, 0.2) is 0 Å². The average Bonchev–Trinajstić information content (AvgIpc) is 3.17. The predicted molar refractivity (Wildman–Crippen MR) is 108 cm³/mol. The van der Waals surface area contributed by atoms with Gasteiger partial charge in [-0.05, 0) is 25.5 Å². The van der Waals surface area contributed by atoms with Crippen molar-refractivity contribution in [3.05, 3.63) is 51.4 Å². The first-order chi connectivity index (χ1) is 13.6. The number of aromatic amines is 1. The van der Waals surface area contributed by atoms with Crippen molar-refractivity contribution in [2.24, 2.45) is 0 Å². The topological polar surface area (TPSA) is 70.7 Å². The van der Waals surface area contributed by atoms with Gasteiger partial charge < -0.3 is 14.4 Å². The SMILES string of the molecule is COc1c(C)cccc1CN1CC[C@H](c2cc(=O)[nH]c(N3CCOCC3)n2)C1. The maximum atomic E-state index is 12.2. The molecule has 0 unspecified atom stereocenters. The number of methoxy groups -OCH3 is 1. The number of likely N-dealkylation sites (tertiary alicyclic amines) is 1. The Morgan fingerprint density at radius 3 is 2.89 bits per heavy atom. The number of benzene rings is 1. The zero-order chi connectivity index (χ0) is 19.5. The summed E-state index contributed by atoms with van der Waals surface area (Å²) in [6.45, 7) is 7.67. The van der Waals surface area contributed by atoms with Crippen LogP contribution in [0.15, 0.2) is 29.1 Å². The van der Waals surface area contributed by atoms with E-state index in [0.29, 0.717) is 19.2 Å². The smallest absolute Gasteiger partial charge is 0.252 e. The molecule has 28 heavy (non-hydrogen) atoms. The molecule has 2 saturated heterocycles. The maximum absolute atomic E-state index is 12.2. The lowest BCUT2D eigenvalue weighted by Gasteiger charge is -2.27. The molecule has 2 fully saturated rings. The third-order valence-electron chi connectivity index (χ3n) is 5.64. The number of morpholine rings is 1. The number of rotatable bonds is 5. The molecule has 1 aromatic heterocycles. The van der Waals surface area contributed by atoms with Crippen LogP contribution in [0.25, 0.3) is 0 Å². The Balaban J connectivity index is 1.48. The van der Waals surface area contributed by atoms with Crippen molar-refractivity contribution >= 4 is 5.95 Å². The highest BCUT2D eigenvalue weighted by atomic mass is 16.5. The van der Waals surface area contributed by atoms with Crippen LogP contribution >= 0.6 is 0 Å². The summed E-state index contributed by atoms with van der Waals surface area (Å²) in [5.41, 5.74) is 3.17. The molecule has 7 nitrogen and oxygen atoms in total. The van der Waals surface area contributed by atoms with Crippen LogP contribution in [0.5, 0.6) is 5.75 Å². The van der Waals surface area contributed by atoms with Crippen LogP contribution < -0.4 is 15.2 Å². The van der Waals surface area contributed by atoms with E-state index in [9.17, 15) is 4.79 Å². The Hall–Kier alpha value is -2.38. The van der Waals surface area contributed by atoms with Gasteiger partial charge in [0.2, 0.25) is 5.95 Å². The third kappa shape index (κ3) is 4.05. The maximum Gasteiger partial charge on any atom is 0.252 e. The monoisotopic (exact) mass is 384 g/mol. The van der Waals surface area contributed by atoms with Crippen molar-refractivity contribution in [1.82, 2.24) is 14.9 Å². The van der Waals surface area contributed by atoms with E-state index < -0.39 is 0 Å². The van der Waals surface area contributed by atoms with Gasteiger partial charge in [0, 0.05) is 43.7 Å². The molecular weight excluding hydrogens is 356 g/mol. The van der Waals surface area contributed by atoms with E-state index in [2.05, 4.69) is 39.9 Å². The van der Waals surface area contributed by atoms with E-state index in [0.717, 1.165) is 56.2 Å². The number of nitrogens with one attached hydrogen (secondary N) is 1. The number of hydrogen-bond acceptors (Lipinski definition) is 6. The first kappa shape index (κ1) is 19.0. The first-order valence-electron chi connectivity index (χ1n) is 9.93. The molecule has 2 aromatic rings. The van der Waals surface area contributed by atoms with Crippen LogP contribution in [0, 0.1) is 6.92 Å². The fraction of sp³-hybridized carbons (Fsp3) is 0.524. The van der Waals surface area contributed by atoms with E-state index in [-0.39, 0.29) is 11.5 Å². The molecule has 2 aliphatic rings. The summed E-state index contributed by atoms with van der Waals surface area (Å²) in [6, 6.07) is 7.93. The number of aryl methyl sites for hydroxylation is 1. The fourth-order valence-corrected chi connectivity index (χ4v) is 4.19. The fourth-order valence-electron chi connectivity index (χ4n) is 4.19. The van der Waals surface area contributed by atoms with Gasteiger partial charge in [-0.25, -0.2) is 4.98 Å². The molecule has 4 rings (SSSR count). The highest BCUT2D eigenvalue weighted by molar-refractivity contribution is 5.40. The number of H-pyrrole nitrogens is 1. The number of para-hydroxylation sites is 1. The first-order valence-corrected chi connectivity index (χ1v) is 9.93. The molecule has 0 amide bonds. The summed E-state index contributed by atoms with van der Waals surface area (Å²) in [4.78, 5) is 24.4. The van der Waals surface area contributed by atoms with Crippen LogP contribution in [0.4, 0.5) is 5.95 Å². The minimum absolute atomic E-state index is 0.0784. The highest BCUT2D eigenvalue weighted by Gasteiger charge is 2.27. The summed E-state index contributed by atoms with van der Waals surface area (Å²) in [7, 11) is 1.73. The molecule has 1 aromatic carbocycles. The number of ether oxygens (including phenoxy) is 2. The van der Waals surface area contributed by atoms with Gasteiger partial charge in [0.25, 0.3) is 5.56 Å². The predicted octanol–water partition coefficient (Wildman–Crippen LogP) is 1.91.